The molecule has 0 atom stereocenters. The van der Waals surface area contributed by atoms with E-state index in [0.717, 1.165) is 28.6 Å². The highest BCUT2D eigenvalue weighted by Crippen LogP contribution is 2.25. The molecule has 0 saturated carbocycles. The first-order valence-corrected chi connectivity index (χ1v) is 10.0. The van der Waals surface area contributed by atoms with E-state index in [-0.39, 0.29) is 0 Å². The van der Waals surface area contributed by atoms with Crippen molar-refractivity contribution in [3.8, 4) is 0 Å². The number of fused-ring (bicyclic) bond motifs is 1. The number of rotatable bonds is 8. The molecule has 2 rings (SSSR count). The monoisotopic (exact) mass is 416 g/mol. The molecule has 0 aliphatic carbocycles. The van der Waals surface area contributed by atoms with Gasteiger partial charge in [0, 0.05) is 55.3 Å². The van der Waals surface area contributed by atoms with Gasteiger partial charge in [-0.25, -0.2) is 4.72 Å². The van der Waals surface area contributed by atoms with E-state index < -0.39 is 10.2 Å². The molecule has 1 N–H and O–H groups in total. The maximum absolute atomic E-state index is 11.8. The zero-order chi connectivity index (χ0) is 17.9. The van der Waals surface area contributed by atoms with Crippen molar-refractivity contribution in [1.29, 1.82) is 0 Å². The first-order valence-electron chi connectivity index (χ1n) is 7.80. The Morgan fingerprint density at radius 1 is 1.21 bits per heavy atom. The molecular formula is C16H25BrN4O2S. The smallest absolute Gasteiger partial charge is 0.278 e. The summed E-state index contributed by atoms with van der Waals surface area (Å²) in [7, 11) is 3.77. The quantitative estimate of drug-likeness (QED) is 0.714. The van der Waals surface area contributed by atoms with Gasteiger partial charge in [-0.05, 0) is 38.2 Å². The lowest BCUT2D eigenvalue weighted by atomic mass is 10.1. The molecule has 0 aliphatic heterocycles. The van der Waals surface area contributed by atoms with Crippen molar-refractivity contribution in [3.05, 3.63) is 34.4 Å². The number of nitrogens with one attached hydrogen (secondary N) is 1. The SMILES string of the molecule is CN(C)CCn1cc(CCNS(=O)(=O)N(C)C)c2ccc(Br)cc21. The summed E-state index contributed by atoms with van der Waals surface area (Å²) in [6, 6.07) is 6.21. The Bertz CT molecular complexity index is 800. The molecule has 6 nitrogen and oxygen atoms in total. The van der Waals surface area contributed by atoms with Gasteiger partial charge in [0.1, 0.15) is 0 Å². The largest absolute Gasteiger partial charge is 0.346 e. The molecule has 2 aromatic rings. The summed E-state index contributed by atoms with van der Waals surface area (Å²) in [5.41, 5.74) is 2.31. The molecule has 134 valence electrons. The molecular weight excluding hydrogens is 392 g/mol. The average molecular weight is 417 g/mol. The van der Waals surface area contributed by atoms with Crippen LogP contribution in [0.5, 0.6) is 0 Å². The van der Waals surface area contributed by atoms with Crippen LogP contribution in [0.4, 0.5) is 0 Å². The minimum absolute atomic E-state index is 0.378. The summed E-state index contributed by atoms with van der Waals surface area (Å²) in [6.45, 7) is 2.22. The van der Waals surface area contributed by atoms with E-state index in [1.54, 1.807) is 0 Å². The second-order valence-electron chi connectivity index (χ2n) is 6.24. The molecule has 24 heavy (non-hydrogen) atoms. The number of halogens is 1. The molecule has 1 aromatic heterocycles. The highest BCUT2D eigenvalue weighted by molar-refractivity contribution is 9.10. The Balaban J connectivity index is 2.20. The Kier molecular flexibility index (Phi) is 6.44. The lowest BCUT2D eigenvalue weighted by molar-refractivity contribution is 0.387. The topological polar surface area (TPSA) is 57.6 Å². The molecule has 0 radical (unpaired) electrons. The van der Waals surface area contributed by atoms with Gasteiger partial charge in [0.2, 0.25) is 0 Å². The van der Waals surface area contributed by atoms with Crippen LogP contribution in [0.3, 0.4) is 0 Å². The van der Waals surface area contributed by atoms with Crippen LogP contribution in [0.1, 0.15) is 5.56 Å². The van der Waals surface area contributed by atoms with E-state index in [1.165, 1.54) is 23.8 Å². The van der Waals surface area contributed by atoms with Gasteiger partial charge >= 0.3 is 0 Å². The van der Waals surface area contributed by atoms with E-state index in [4.69, 9.17) is 0 Å². The van der Waals surface area contributed by atoms with Crippen LogP contribution < -0.4 is 4.72 Å². The number of hydrogen-bond acceptors (Lipinski definition) is 3. The van der Waals surface area contributed by atoms with Gasteiger partial charge in [0.25, 0.3) is 10.2 Å². The van der Waals surface area contributed by atoms with E-state index in [2.05, 4.69) is 62.5 Å². The van der Waals surface area contributed by atoms with Crippen molar-refractivity contribution >= 4 is 37.0 Å². The summed E-state index contributed by atoms with van der Waals surface area (Å²) in [5.74, 6) is 0. The average Bonchev–Trinajstić information content (AvgIpc) is 2.82. The van der Waals surface area contributed by atoms with E-state index >= 15 is 0 Å². The molecule has 1 heterocycles. The fourth-order valence-corrected chi connectivity index (χ4v) is 3.44. The van der Waals surface area contributed by atoms with Crippen LogP contribution in [-0.4, -0.2) is 63.5 Å². The van der Waals surface area contributed by atoms with E-state index in [9.17, 15) is 8.42 Å². The minimum atomic E-state index is -3.38. The highest BCUT2D eigenvalue weighted by Gasteiger charge is 2.14. The van der Waals surface area contributed by atoms with Crippen LogP contribution in [0.2, 0.25) is 0 Å². The first kappa shape index (κ1) is 19.4. The molecule has 0 bridgehead atoms. The molecule has 0 fully saturated rings. The maximum Gasteiger partial charge on any atom is 0.278 e. The van der Waals surface area contributed by atoms with E-state index in [0.29, 0.717) is 13.0 Å². The predicted octanol–water partition coefficient (Wildman–Crippen LogP) is 1.90. The lowest BCUT2D eigenvalue weighted by Crippen LogP contribution is -2.36. The van der Waals surface area contributed by atoms with Crippen LogP contribution in [-0.2, 0) is 23.2 Å². The second-order valence-corrected chi connectivity index (χ2v) is 9.13. The molecule has 0 aliphatic rings. The zero-order valence-corrected chi connectivity index (χ0v) is 17.0. The van der Waals surface area contributed by atoms with Gasteiger partial charge < -0.3 is 9.47 Å². The highest BCUT2D eigenvalue weighted by atomic mass is 79.9. The lowest BCUT2D eigenvalue weighted by Gasteiger charge is -2.12. The normalized spacial score (nSPS) is 12.6. The van der Waals surface area contributed by atoms with E-state index in [1.807, 2.05) is 6.07 Å². The third-order valence-electron chi connectivity index (χ3n) is 3.87. The molecule has 0 spiro atoms. The number of nitrogens with zero attached hydrogens (tertiary/aromatic N) is 3. The Morgan fingerprint density at radius 3 is 2.54 bits per heavy atom. The minimum Gasteiger partial charge on any atom is -0.346 e. The molecule has 8 heteroatoms. The fraction of sp³-hybridized carbons (Fsp3) is 0.500. The first-order chi connectivity index (χ1) is 11.2. The summed E-state index contributed by atoms with van der Waals surface area (Å²) < 4.78 is 30.7. The van der Waals surface area contributed by atoms with Gasteiger partial charge in [-0.2, -0.15) is 12.7 Å². The Hall–Kier alpha value is -0.930. The number of likely N-dealkylation sites (N-methyl/N-ethyl adjacent to an activating group) is 1. The molecule has 1 aromatic carbocycles. The van der Waals surface area contributed by atoms with Crippen molar-refractivity contribution in [1.82, 2.24) is 18.5 Å². The van der Waals surface area contributed by atoms with Crippen molar-refractivity contribution in [2.75, 3.05) is 41.3 Å². The third-order valence-corrected chi connectivity index (χ3v) is 5.90. The van der Waals surface area contributed by atoms with Gasteiger partial charge in [0.15, 0.2) is 0 Å². The number of hydrogen-bond donors (Lipinski definition) is 1. The number of aromatic nitrogens is 1. The van der Waals surface area contributed by atoms with Crippen molar-refractivity contribution in [3.63, 3.8) is 0 Å². The van der Waals surface area contributed by atoms with Crippen LogP contribution in [0.25, 0.3) is 10.9 Å². The van der Waals surface area contributed by atoms with Gasteiger partial charge in [-0.15, -0.1) is 0 Å². The molecule has 0 amide bonds. The van der Waals surface area contributed by atoms with Crippen molar-refractivity contribution in [2.24, 2.45) is 0 Å². The predicted molar refractivity (Wildman–Crippen MR) is 103 cm³/mol. The summed E-state index contributed by atoms with van der Waals surface area (Å²) in [4.78, 5) is 2.15. The van der Waals surface area contributed by atoms with Crippen LogP contribution in [0, 0.1) is 0 Å². The van der Waals surface area contributed by atoms with Crippen molar-refractivity contribution < 1.29 is 8.42 Å². The fourth-order valence-electron chi connectivity index (χ4n) is 2.48. The summed E-state index contributed by atoms with van der Waals surface area (Å²) in [6.07, 6.45) is 2.78. The van der Waals surface area contributed by atoms with Gasteiger partial charge in [-0.3, -0.25) is 0 Å². The van der Waals surface area contributed by atoms with Crippen molar-refractivity contribution in [2.45, 2.75) is 13.0 Å². The zero-order valence-electron chi connectivity index (χ0n) is 14.6. The Labute approximate surface area is 152 Å². The summed E-state index contributed by atoms with van der Waals surface area (Å²) in [5, 5.41) is 1.17. The Morgan fingerprint density at radius 2 is 1.92 bits per heavy atom. The van der Waals surface area contributed by atoms with Gasteiger partial charge in [-0.1, -0.05) is 22.0 Å². The van der Waals surface area contributed by atoms with Gasteiger partial charge in [0.05, 0.1) is 0 Å². The summed E-state index contributed by atoms with van der Waals surface area (Å²) >= 11 is 3.53. The maximum atomic E-state index is 11.8. The number of benzene rings is 1. The standard InChI is InChI=1S/C16H25BrN4O2S/c1-19(2)9-10-21-12-13(7-8-18-24(22,23)20(3)4)15-6-5-14(17)11-16(15)21/h5-6,11-12,18H,7-10H2,1-4H3. The third kappa shape index (κ3) is 4.80. The molecule has 0 unspecified atom stereocenters. The van der Waals surface area contributed by atoms with Crippen LogP contribution in [0.15, 0.2) is 28.9 Å². The molecule has 0 saturated heterocycles. The second kappa shape index (κ2) is 7.97. The van der Waals surface area contributed by atoms with Crippen LogP contribution >= 0.6 is 15.9 Å².